The van der Waals surface area contributed by atoms with Crippen molar-refractivity contribution in [2.45, 2.75) is 19.3 Å². The molecule has 3 aromatic rings. The Morgan fingerprint density at radius 2 is 1.66 bits per heavy atom. The quantitative estimate of drug-likeness (QED) is 0.300. The predicted molar refractivity (Wildman–Crippen MR) is 160 cm³/mol. The van der Waals surface area contributed by atoms with Gasteiger partial charge in [0, 0.05) is 42.0 Å². The highest BCUT2D eigenvalue weighted by atomic mass is 35.5. The molecule has 1 atom stereocenters. The molecule has 3 aromatic carbocycles. The van der Waals surface area contributed by atoms with Crippen molar-refractivity contribution in [3.05, 3.63) is 99.4 Å². The van der Waals surface area contributed by atoms with Gasteiger partial charge in [-0.05, 0) is 42.0 Å². The number of benzene rings is 3. The van der Waals surface area contributed by atoms with Crippen LogP contribution in [0.1, 0.15) is 19.4 Å². The van der Waals surface area contributed by atoms with Gasteiger partial charge in [-0.3, -0.25) is 0 Å². The Morgan fingerprint density at radius 1 is 0.947 bits per heavy atom. The third-order valence-electron chi connectivity index (χ3n) is 7.51. The average Bonchev–Trinajstić information content (AvgIpc) is 3.39. The van der Waals surface area contributed by atoms with E-state index in [0.29, 0.717) is 28.9 Å². The fourth-order valence-electron chi connectivity index (χ4n) is 5.78. The van der Waals surface area contributed by atoms with Gasteiger partial charge in [-0.2, -0.15) is 5.10 Å². The third kappa shape index (κ3) is 4.02. The van der Waals surface area contributed by atoms with Crippen LogP contribution in [0.2, 0.25) is 10.0 Å². The third-order valence-corrected chi connectivity index (χ3v) is 11.6. The molecule has 9 heteroatoms. The number of likely N-dealkylation sites (N-methyl/N-ethyl adjacent to an activating group) is 1. The molecule has 6 rings (SSSR count). The molecule has 3 heterocycles. The number of rotatable bonds is 3. The van der Waals surface area contributed by atoms with Crippen molar-refractivity contribution >= 4 is 53.8 Å². The largest absolute Gasteiger partial charge is 0.379 e. The van der Waals surface area contributed by atoms with Crippen molar-refractivity contribution in [2.75, 3.05) is 43.0 Å². The van der Waals surface area contributed by atoms with E-state index >= 15 is 0 Å². The van der Waals surface area contributed by atoms with Gasteiger partial charge in [0.2, 0.25) is 0 Å². The second-order valence-corrected chi connectivity index (χ2v) is 13.7. The summed E-state index contributed by atoms with van der Waals surface area (Å²) in [6, 6.07) is 24.4. The lowest BCUT2D eigenvalue weighted by Gasteiger charge is -2.43. The van der Waals surface area contributed by atoms with E-state index in [2.05, 4.69) is 71.6 Å². The summed E-state index contributed by atoms with van der Waals surface area (Å²) < 4.78 is 16.0. The standard InChI is InChI=1S/C29H30Cl2N5OP/c1-29(2)23-11-7-8-12-26(23)34(3)28(29)27-20-32-36(22-9-5-4-6-10-22)38(27,35-15-17-37-18-16-35)33-25-19-21(30)13-14-24(25)31/h4-14,19-20H,15-18H2,1-3H3/b28-27+. The lowest BCUT2D eigenvalue weighted by Crippen LogP contribution is -2.38. The highest BCUT2D eigenvalue weighted by molar-refractivity contribution is 7.71. The smallest absolute Gasteiger partial charge is 0.180 e. The summed E-state index contributed by atoms with van der Waals surface area (Å²) in [5.74, 6) is 0. The highest BCUT2D eigenvalue weighted by Crippen LogP contribution is 2.71. The number of morpholine rings is 1. The summed E-state index contributed by atoms with van der Waals surface area (Å²) in [5.41, 5.74) is 5.08. The zero-order chi connectivity index (χ0) is 26.5. The normalized spacial score (nSPS) is 24.7. The Bertz CT molecular complexity index is 1500. The van der Waals surface area contributed by atoms with Crippen LogP contribution in [-0.4, -0.2) is 44.2 Å². The predicted octanol–water partition coefficient (Wildman–Crippen LogP) is 8.13. The van der Waals surface area contributed by atoms with Gasteiger partial charge in [0.15, 0.2) is 7.36 Å². The minimum atomic E-state index is -2.74. The molecule has 0 spiro atoms. The zero-order valence-corrected chi connectivity index (χ0v) is 24.1. The number of para-hydroxylation sites is 2. The topological polar surface area (TPSA) is 43.7 Å². The van der Waals surface area contributed by atoms with Crippen LogP contribution in [-0.2, 0) is 10.2 Å². The molecule has 6 nitrogen and oxygen atoms in total. The van der Waals surface area contributed by atoms with Gasteiger partial charge in [0.1, 0.15) is 0 Å². The minimum absolute atomic E-state index is 0.259. The first kappa shape index (κ1) is 25.7. The number of allylic oxidation sites excluding steroid dienone is 2. The molecule has 1 fully saturated rings. The molecule has 0 aromatic heterocycles. The van der Waals surface area contributed by atoms with Crippen LogP contribution < -0.4 is 9.68 Å². The number of hydrogen-bond acceptors (Lipinski definition) is 4. The van der Waals surface area contributed by atoms with Gasteiger partial charge in [0.05, 0.1) is 41.1 Å². The maximum Gasteiger partial charge on any atom is 0.180 e. The summed E-state index contributed by atoms with van der Waals surface area (Å²) in [5, 5.41) is 7.37. The molecule has 0 N–H and O–H groups in total. The van der Waals surface area contributed by atoms with E-state index in [1.165, 1.54) is 16.9 Å². The maximum absolute atomic E-state index is 6.77. The van der Waals surface area contributed by atoms with E-state index < -0.39 is 7.36 Å². The number of ether oxygens (including phenoxy) is 1. The summed E-state index contributed by atoms with van der Waals surface area (Å²) >= 11 is 13.2. The van der Waals surface area contributed by atoms with Crippen LogP contribution in [0.3, 0.4) is 0 Å². The molecule has 196 valence electrons. The summed E-state index contributed by atoms with van der Waals surface area (Å²) in [6.07, 6.45) is 2.03. The molecule has 1 unspecified atom stereocenters. The first-order valence-electron chi connectivity index (χ1n) is 12.7. The molecule has 0 amide bonds. The lowest BCUT2D eigenvalue weighted by molar-refractivity contribution is 0.0743. The van der Waals surface area contributed by atoms with Crippen LogP contribution >= 0.6 is 30.6 Å². The van der Waals surface area contributed by atoms with Crippen molar-refractivity contribution < 1.29 is 4.74 Å². The molecule has 0 bridgehead atoms. The molecular weight excluding hydrogens is 536 g/mol. The second-order valence-electron chi connectivity index (χ2n) is 10.1. The Morgan fingerprint density at radius 3 is 2.39 bits per heavy atom. The van der Waals surface area contributed by atoms with Gasteiger partial charge in [-0.1, -0.05) is 73.4 Å². The van der Waals surface area contributed by atoms with Crippen molar-refractivity contribution in [3.63, 3.8) is 0 Å². The molecule has 1 saturated heterocycles. The zero-order valence-electron chi connectivity index (χ0n) is 21.7. The van der Waals surface area contributed by atoms with E-state index in [9.17, 15) is 0 Å². The molecular formula is C29H30Cl2N5OP. The van der Waals surface area contributed by atoms with E-state index in [-0.39, 0.29) is 5.41 Å². The average molecular weight is 566 g/mol. The monoisotopic (exact) mass is 565 g/mol. The summed E-state index contributed by atoms with van der Waals surface area (Å²) in [4.78, 5) is 2.31. The van der Waals surface area contributed by atoms with Crippen molar-refractivity contribution in [1.82, 2.24) is 4.67 Å². The molecule has 0 saturated carbocycles. The SMILES string of the molecule is CN1/C(=C2\C=NN(c3ccccc3)P2(=Nc2cc(Cl)ccc2Cl)N2CCOCC2)C(C)(C)c2ccccc21. The molecule has 0 radical (unpaired) electrons. The number of halogens is 2. The first-order chi connectivity index (χ1) is 18.3. The lowest BCUT2D eigenvalue weighted by atomic mass is 9.84. The minimum Gasteiger partial charge on any atom is -0.379 e. The molecule has 3 aliphatic rings. The van der Waals surface area contributed by atoms with Crippen molar-refractivity contribution in [2.24, 2.45) is 9.85 Å². The summed E-state index contributed by atoms with van der Waals surface area (Å²) in [7, 11) is -0.596. The number of fused-ring (bicyclic) bond motifs is 1. The summed E-state index contributed by atoms with van der Waals surface area (Å²) in [6.45, 7) is 7.30. The second kappa shape index (κ2) is 9.86. The Labute approximate surface area is 234 Å². The number of anilines is 2. The number of hydrogen-bond donors (Lipinski definition) is 0. The van der Waals surface area contributed by atoms with Crippen molar-refractivity contribution in [1.29, 1.82) is 0 Å². The van der Waals surface area contributed by atoms with Crippen LogP contribution in [0.25, 0.3) is 0 Å². The Kier molecular flexibility index (Phi) is 6.66. The van der Waals surface area contributed by atoms with Crippen LogP contribution in [0.5, 0.6) is 0 Å². The van der Waals surface area contributed by atoms with E-state index in [1.54, 1.807) is 6.07 Å². The van der Waals surface area contributed by atoms with Gasteiger partial charge in [0.25, 0.3) is 0 Å². The van der Waals surface area contributed by atoms with E-state index in [4.69, 9.17) is 37.8 Å². The number of nitrogens with zero attached hydrogens (tertiary/aromatic N) is 5. The highest BCUT2D eigenvalue weighted by Gasteiger charge is 2.50. The maximum atomic E-state index is 6.77. The Balaban J connectivity index is 1.71. The van der Waals surface area contributed by atoms with Gasteiger partial charge >= 0.3 is 0 Å². The Hall–Kier alpha value is -2.60. The fourth-order valence-corrected chi connectivity index (χ4v) is 9.99. The molecule has 38 heavy (non-hydrogen) atoms. The van der Waals surface area contributed by atoms with E-state index in [1.807, 2.05) is 36.5 Å². The van der Waals surface area contributed by atoms with Gasteiger partial charge in [-0.25, -0.2) is 14.2 Å². The van der Waals surface area contributed by atoms with Crippen LogP contribution in [0.15, 0.2) is 93.7 Å². The molecule has 0 aliphatic carbocycles. The van der Waals surface area contributed by atoms with Crippen LogP contribution in [0, 0.1) is 0 Å². The first-order valence-corrected chi connectivity index (χ1v) is 15.1. The van der Waals surface area contributed by atoms with Gasteiger partial charge in [-0.15, -0.1) is 0 Å². The van der Waals surface area contributed by atoms with E-state index in [0.717, 1.165) is 24.1 Å². The van der Waals surface area contributed by atoms with Crippen molar-refractivity contribution in [3.8, 4) is 0 Å². The van der Waals surface area contributed by atoms with Gasteiger partial charge < -0.3 is 9.64 Å². The molecule has 3 aliphatic heterocycles. The fraction of sp³-hybridized carbons (Fsp3) is 0.276. The van der Waals surface area contributed by atoms with Crippen LogP contribution in [0.4, 0.5) is 17.1 Å². The number of hydrazone groups is 1.